The molecule has 0 aromatic carbocycles. The Bertz CT molecular complexity index is 430. The number of nitrogens with zero attached hydrogens (tertiary/aromatic N) is 2. The summed E-state index contributed by atoms with van der Waals surface area (Å²) in [5, 5.41) is 8.71. The number of hydrogen-bond donors (Lipinski definition) is 1. The van der Waals surface area contributed by atoms with Gasteiger partial charge in [-0.05, 0) is 24.3 Å². The lowest BCUT2D eigenvalue weighted by atomic mass is 10.0. The van der Waals surface area contributed by atoms with Crippen LogP contribution in [0.15, 0.2) is 6.20 Å². The number of nitrogens with one attached hydrogen (secondary N) is 1. The molecular formula is C14H24ClN3O. The van der Waals surface area contributed by atoms with E-state index in [1.807, 2.05) is 4.68 Å². The number of aromatic nitrogens is 2. The molecule has 1 aliphatic carbocycles. The van der Waals surface area contributed by atoms with Crippen molar-refractivity contribution in [2.24, 2.45) is 11.3 Å². The predicted octanol–water partition coefficient (Wildman–Crippen LogP) is 2.88. The average molecular weight is 286 g/mol. The first-order valence-electron chi connectivity index (χ1n) is 6.94. The smallest absolute Gasteiger partial charge is 0.0834 e. The van der Waals surface area contributed by atoms with Gasteiger partial charge in [0.1, 0.15) is 0 Å². The lowest BCUT2D eigenvalue weighted by molar-refractivity contribution is 0.181. The van der Waals surface area contributed by atoms with Crippen LogP contribution >= 0.6 is 11.6 Å². The van der Waals surface area contributed by atoms with Gasteiger partial charge in [0, 0.05) is 7.11 Å². The lowest BCUT2D eigenvalue weighted by Crippen LogP contribution is -2.28. The third-order valence-corrected chi connectivity index (χ3v) is 4.34. The molecule has 2 unspecified atom stereocenters. The van der Waals surface area contributed by atoms with E-state index in [9.17, 15) is 0 Å². The zero-order chi connectivity index (χ0) is 14.0. The van der Waals surface area contributed by atoms with Crippen molar-refractivity contribution in [1.82, 2.24) is 15.1 Å². The van der Waals surface area contributed by atoms with Crippen LogP contribution in [0.5, 0.6) is 0 Å². The fourth-order valence-corrected chi connectivity index (χ4v) is 3.02. The minimum absolute atomic E-state index is 0.284. The quantitative estimate of drug-likeness (QED) is 0.837. The first-order chi connectivity index (χ1) is 9.01. The van der Waals surface area contributed by atoms with Gasteiger partial charge in [0.15, 0.2) is 0 Å². The summed E-state index contributed by atoms with van der Waals surface area (Å²) in [6.45, 7) is 9.08. The van der Waals surface area contributed by atoms with Gasteiger partial charge in [-0.15, -0.1) is 0 Å². The van der Waals surface area contributed by atoms with E-state index < -0.39 is 0 Å². The Morgan fingerprint density at radius 2 is 2.32 bits per heavy atom. The average Bonchev–Trinajstić information content (AvgIpc) is 2.83. The lowest BCUT2D eigenvalue weighted by Gasteiger charge is -2.21. The topological polar surface area (TPSA) is 39.1 Å². The number of ether oxygens (including phenoxy) is 1. The number of methoxy groups -OCH3 is 1. The molecule has 0 spiro atoms. The molecule has 0 amide bonds. The zero-order valence-corrected chi connectivity index (χ0v) is 13.0. The second-order valence-corrected chi connectivity index (χ2v) is 6.34. The Morgan fingerprint density at radius 3 is 2.84 bits per heavy atom. The maximum Gasteiger partial charge on any atom is 0.0834 e. The van der Waals surface area contributed by atoms with Crippen molar-refractivity contribution >= 4 is 11.6 Å². The van der Waals surface area contributed by atoms with Crippen molar-refractivity contribution in [3.05, 3.63) is 16.9 Å². The normalized spacial score (nSPS) is 22.5. The van der Waals surface area contributed by atoms with Crippen LogP contribution in [-0.4, -0.2) is 30.0 Å². The second-order valence-electron chi connectivity index (χ2n) is 5.93. The monoisotopic (exact) mass is 285 g/mol. The largest absolute Gasteiger partial charge is 0.383 e. The minimum Gasteiger partial charge on any atom is -0.383 e. The second kappa shape index (κ2) is 5.81. The van der Waals surface area contributed by atoms with Gasteiger partial charge in [-0.2, -0.15) is 5.10 Å². The van der Waals surface area contributed by atoms with Gasteiger partial charge in [0.25, 0.3) is 0 Å². The summed E-state index contributed by atoms with van der Waals surface area (Å²) in [7, 11) is 1.70. The molecule has 1 heterocycles. The molecule has 0 saturated heterocycles. The van der Waals surface area contributed by atoms with Crippen molar-refractivity contribution < 1.29 is 4.74 Å². The van der Waals surface area contributed by atoms with Crippen LogP contribution in [0.1, 0.15) is 38.9 Å². The predicted molar refractivity (Wildman–Crippen MR) is 77.4 cm³/mol. The number of rotatable bonds is 7. The molecule has 19 heavy (non-hydrogen) atoms. The molecule has 0 bridgehead atoms. The van der Waals surface area contributed by atoms with Crippen LogP contribution in [0.25, 0.3) is 0 Å². The maximum absolute atomic E-state index is 6.36. The van der Waals surface area contributed by atoms with E-state index in [2.05, 4.69) is 31.2 Å². The summed E-state index contributed by atoms with van der Waals surface area (Å²) in [5.74, 6) is 0.628. The molecule has 1 aromatic heterocycles. The van der Waals surface area contributed by atoms with E-state index in [-0.39, 0.29) is 6.04 Å². The van der Waals surface area contributed by atoms with Crippen LogP contribution in [0.2, 0.25) is 5.02 Å². The standard InChI is InChI=1S/C14H24ClN3O/c1-5-16-12(10-8-14(10,2)3)13-11(15)9-17-18(13)6-7-19-4/h9-10,12,16H,5-8H2,1-4H3. The molecule has 5 heteroatoms. The summed E-state index contributed by atoms with van der Waals surface area (Å²) in [6, 6.07) is 0.284. The molecule has 1 saturated carbocycles. The van der Waals surface area contributed by atoms with Gasteiger partial charge >= 0.3 is 0 Å². The number of halogens is 1. The molecule has 1 N–H and O–H groups in total. The highest BCUT2D eigenvalue weighted by Crippen LogP contribution is 2.58. The van der Waals surface area contributed by atoms with E-state index in [1.165, 1.54) is 6.42 Å². The summed E-state index contributed by atoms with van der Waals surface area (Å²) in [4.78, 5) is 0. The molecule has 2 rings (SSSR count). The van der Waals surface area contributed by atoms with Gasteiger partial charge in [0.05, 0.1) is 36.1 Å². The van der Waals surface area contributed by atoms with Crippen molar-refractivity contribution in [3.8, 4) is 0 Å². The van der Waals surface area contributed by atoms with Gasteiger partial charge in [-0.25, -0.2) is 0 Å². The summed E-state index contributed by atoms with van der Waals surface area (Å²) >= 11 is 6.36. The molecule has 108 valence electrons. The fourth-order valence-electron chi connectivity index (χ4n) is 2.76. The SMILES string of the molecule is CCNC(c1c(Cl)cnn1CCOC)C1CC1(C)C. The van der Waals surface area contributed by atoms with Crippen LogP contribution in [0.4, 0.5) is 0 Å². The Labute approximate surface area is 120 Å². The summed E-state index contributed by atoms with van der Waals surface area (Å²) in [6.07, 6.45) is 2.97. The van der Waals surface area contributed by atoms with Crippen LogP contribution < -0.4 is 5.32 Å². The Morgan fingerprint density at radius 1 is 1.63 bits per heavy atom. The van der Waals surface area contributed by atoms with Crippen LogP contribution in [0, 0.1) is 11.3 Å². The maximum atomic E-state index is 6.36. The molecule has 1 aliphatic rings. The molecular weight excluding hydrogens is 262 g/mol. The highest BCUT2D eigenvalue weighted by atomic mass is 35.5. The molecule has 0 aliphatic heterocycles. The van der Waals surface area contributed by atoms with Gasteiger partial charge in [-0.1, -0.05) is 32.4 Å². The summed E-state index contributed by atoms with van der Waals surface area (Å²) in [5.41, 5.74) is 1.50. The van der Waals surface area contributed by atoms with Crippen molar-refractivity contribution in [2.75, 3.05) is 20.3 Å². The first-order valence-corrected chi connectivity index (χ1v) is 7.32. The zero-order valence-electron chi connectivity index (χ0n) is 12.2. The van der Waals surface area contributed by atoms with Gasteiger partial charge in [0.2, 0.25) is 0 Å². The Kier molecular flexibility index (Phi) is 4.54. The molecule has 1 fully saturated rings. The van der Waals surface area contributed by atoms with Crippen molar-refractivity contribution in [2.45, 2.75) is 39.8 Å². The third kappa shape index (κ3) is 3.12. The van der Waals surface area contributed by atoms with E-state index in [0.717, 1.165) is 23.8 Å². The van der Waals surface area contributed by atoms with Crippen molar-refractivity contribution in [1.29, 1.82) is 0 Å². The van der Waals surface area contributed by atoms with Crippen LogP contribution in [0.3, 0.4) is 0 Å². The Hall–Kier alpha value is -0.580. The van der Waals surface area contributed by atoms with Crippen LogP contribution in [-0.2, 0) is 11.3 Å². The van der Waals surface area contributed by atoms with E-state index >= 15 is 0 Å². The highest BCUT2D eigenvalue weighted by Gasteiger charge is 2.51. The Balaban J connectivity index is 2.23. The van der Waals surface area contributed by atoms with Crippen molar-refractivity contribution in [3.63, 3.8) is 0 Å². The molecule has 1 aromatic rings. The van der Waals surface area contributed by atoms with E-state index in [4.69, 9.17) is 16.3 Å². The highest BCUT2D eigenvalue weighted by molar-refractivity contribution is 6.31. The van der Waals surface area contributed by atoms with E-state index in [1.54, 1.807) is 13.3 Å². The molecule has 0 radical (unpaired) electrons. The van der Waals surface area contributed by atoms with E-state index in [0.29, 0.717) is 17.9 Å². The molecule has 2 atom stereocenters. The molecule has 4 nitrogen and oxygen atoms in total. The third-order valence-electron chi connectivity index (χ3n) is 4.05. The number of hydrogen-bond acceptors (Lipinski definition) is 3. The van der Waals surface area contributed by atoms with Gasteiger partial charge in [-0.3, -0.25) is 4.68 Å². The first kappa shape index (κ1) is 14.8. The fraction of sp³-hybridized carbons (Fsp3) is 0.786. The minimum atomic E-state index is 0.284. The van der Waals surface area contributed by atoms with Gasteiger partial charge < -0.3 is 10.1 Å². The summed E-state index contributed by atoms with van der Waals surface area (Å²) < 4.78 is 7.12.